The molecule has 1 atom stereocenters. The number of aryl methyl sites for hydroxylation is 1. The van der Waals surface area contributed by atoms with Gasteiger partial charge < -0.3 is 15.2 Å². The van der Waals surface area contributed by atoms with Crippen LogP contribution in [0.4, 0.5) is 0 Å². The Kier molecular flexibility index (Phi) is 4.12. The fraction of sp³-hybridized carbons (Fsp3) is 0.833. The molecule has 1 fully saturated rings. The van der Waals surface area contributed by atoms with Crippen molar-refractivity contribution in [2.75, 3.05) is 19.6 Å². The van der Waals surface area contributed by atoms with Gasteiger partial charge >= 0.3 is 0 Å². The molecular formula is C12H22N4O. The minimum atomic E-state index is 0.413. The molecule has 2 rings (SSSR count). The van der Waals surface area contributed by atoms with Crippen molar-refractivity contribution >= 4 is 0 Å². The molecule has 2 N–H and O–H groups in total. The predicted octanol–water partition coefficient (Wildman–Crippen LogP) is 1.16. The van der Waals surface area contributed by atoms with E-state index in [1.807, 2.05) is 0 Å². The fourth-order valence-corrected chi connectivity index (χ4v) is 2.25. The molecule has 17 heavy (non-hydrogen) atoms. The van der Waals surface area contributed by atoms with Gasteiger partial charge in [0.2, 0.25) is 5.89 Å². The van der Waals surface area contributed by atoms with Crippen LogP contribution in [0, 0.1) is 0 Å². The number of nitrogens with two attached hydrogens (primary N) is 1. The number of hydrogen-bond acceptors (Lipinski definition) is 5. The Morgan fingerprint density at radius 3 is 3.00 bits per heavy atom. The van der Waals surface area contributed by atoms with E-state index in [2.05, 4.69) is 28.9 Å². The Morgan fingerprint density at radius 1 is 1.53 bits per heavy atom. The highest BCUT2D eigenvalue weighted by atomic mass is 16.5. The van der Waals surface area contributed by atoms with Gasteiger partial charge in [0.1, 0.15) is 0 Å². The van der Waals surface area contributed by atoms with E-state index in [0.717, 1.165) is 44.1 Å². The van der Waals surface area contributed by atoms with Crippen molar-refractivity contribution in [3.8, 4) is 0 Å². The molecule has 0 saturated carbocycles. The van der Waals surface area contributed by atoms with E-state index in [1.54, 1.807) is 0 Å². The summed E-state index contributed by atoms with van der Waals surface area (Å²) in [6.07, 6.45) is 2.86. The summed E-state index contributed by atoms with van der Waals surface area (Å²) in [5, 5.41) is 4.01. The topological polar surface area (TPSA) is 68.2 Å². The number of hydrogen-bond donors (Lipinski definition) is 1. The van der Waals surface area contributed by atoms with Crippen LogP contribution in [0.1, 0.15) is 44.3 Å². The number of nitrogens with zero attached hydrogens (tertiary/aromatic N) is 3. The Morgan fingerprint density at radius 2 is 2.35 bits per heavy atom. The molecule has 1 unspecified atom stereocenters. The maximum Gasteiger partial charge on any atom is 0.231 e. The van der Waals surface area contributed by atoms with Crippen molar-refractivity contribution in [1.29, 1.82) is 0 Å². The third kappa shape index (κ3) is 3.04. The van der Waals surface area contributed by atoms with Crippen molar-refractivity contribution in [2.24, 2.45) is 5.73 Å². The quantitative estimate of drug-likeness (QED) is 0.833. The second-order valence-electron chi connectivity index (χ2n) is 5.02. The van der Waals surface area contributed by atoms with Gasteiger partial charge in [-0.05, 0) is 39.8 Å². The van der Waals surface area contributed by atoms with Gasteiger partial charge in [-0.1, -0.05) is 5.16 Å². The first-order valence-electron chi connectivity index (χ1n) is 6.47. The first kappa shape index (κ1) is 12.5. The zero-order valence-electron chi connectivity index (χ0n) is 10.7. The third-order valence-electron chi connectivity index (χ3n) is 3.39. The summed E-state index contributed by atoms with van der Waals surface area (Å²) in [6.45, 7) is 7.29. The molecule has 1 aromatic heterocycles. The first-order chi connectivity index (χ1) is 8.20. The van der Waals surface area contributed by atoms with E-state index >= 15 is 0 Å². The van der Waals surface area contributed by atoms with Gasteiger partial charge in [-0.15, -0.1) is 0 Å². The average Bonchev–Trinajstić information content (AvgIpc) is 2.94. The van der Waals surface area contributed by atoms with E-state index in [9.17, 15) is 0 Å². The van der Waals surface area contributed by atoms with Crippen molar-refractivity contribution in [2.45, 2.75) is 45.1 Å². The lowest BCUT2D eigenvalue weighted by Gasteiger charge is -2.19. The van der Waals surface area contributed by atoms with E-state index in [-0.39, 0.29) is 0 Å². The van der Waals surface area contributed by atoms with Crippen LogP contribution >= 0.6 is 0 Å². The summed E-state index contributed by atoms with van der Waals surface area (Å²) in [7, 11) is 0. The Labute approximate surface area is 102 Å². The lowest BCUT2D eigenvalue weighted by molar-refractivity contribution is 0.265. The number of aromatic nitrogens is 2. The van der Waals surface area contributed by atoms with Crippen molar-refractivity contribution in [3.63, 3.8) is 0 Å². The molecule has 2 heterocycles. The molecular weight excluding hydrogens is 216 g/mol. The smallest absolute Gasteiger partial charge is 0.231 e. The van der Waals surface area contributed by atoms with Crippen LogP contribution in [0.5, 0.6) is 0 Å². The summed E-state index contributed by atoms with van der Waals surface area (Å²) in [5.41, 5.74) is 5.46. The summed E-state index contributed by atoms with van der Waals surface area (Å²) in [6, 6.07) is 0.597. The highest BCUT2D eigenvalue weighted by molar-refractivity contribution is 4.99. The van der Waals surface area contributed by atoms with Crippen LogP contribution < -0.4 is 5.73 Å². The van der Waals surface area contributed by atoms with Crippen LogP contribution in [0.2, 0.25) is 0 Å². The van der Waals surface area contributed by atoms with E-state index < -0.39 is 0 Å². The maximum atomic E-state index is 5.46. The summed E-state index contributed by atoms with van der Waals surface area (Å²) >= 11 is 0. The summed E-state index contributed by atoms with van der Waals surface area (Å²) in [4.78, 5) is 6.92. The van der Waals surface area contributed by atoms with Gasteiger partial charge in [0.15, 0.2) is 5.82 Å². The van der Waals surface area contributed by atoms with Gasteiger partial charge in [-0.25, -0.2) is 0 Å². The summed E-state index contributed by atoms with van der Waals surface area (Å²) < 4.78 is 5.35. The molecule has 0 spiro atoms. The van der Waals surface area contributed by atoms with E-state index in [0.29, 0.717) is 18.5 Å². The van der Waals surface area contributed by atoms with Gasteiger partial charge in [-0.2, -0.15) is 4.98 Å². The molecule has 1 aromatic rings. The molecule has 1 aliphatic rings. The minimum Gasteiger partial charge on any atom is -0.339 e. The molecule has 0 radical (unpaired) electrons. The fourth-order valence-electron chi connectivity index (χ4n) is 2.25. The standard InChI is InChI=1S/C12H22N4O/c1-9(2)16-7-5-10(8-16)12-14-11(15-17-12)4-3-6-13/h9-10H,3-8,13H2,1-2H3. The highest BCUT2D eigenvalue weighted by Gasteiger charge is 2.29. The SMILES string of the molecule is CC(C)N1CCC(c2nc(CCCN)no2)C1. The zero-order chi connectivity index (χ0) is 12.3. The Bertz CT molecular complexity index is 350. The second-order valence-corrected chi connectivity index (χ2v) is 5.02. The van der Waals surface area contributed by atoms with Gasteiger partial charge in [-0.3, -0.25) is 0 Å². The predicted molar refractivity (Wildman–Crippen MR) is 65.7 cm³/mol. The average molecular weight is 238 g/mol. The van der Waals surface area contributed by atoms with E-state index in [1.165, 1.54) is 0 Å². The molecule has 0 aliphatic carbocycles. The zero-order valence-corrected chi connectivity index (χ0v) is 10.7. The first-order valence-corrected chi connectivity index (χ1v) is 6.47. The van der Waals surface area contributed by atoms with Gasteiger partial charge in [0.25, 0.3) is 0 Å². The van der Waals surface area contributed by atoms with Crippen molar-refractivity contribution in [3.05, 3.63) is 11.7 Å². The van der Waals surface area contributed by atoms with Crippen LogP contribution in [0.3, 0.4) is 0 Å². The molecule has 1 saturated heterocycles. The molecule has 1 aliphatic heterocycles. The molecule has 5 nitrogen and oxygen atoms in total. The van der Waals surface area contributed by atoms with Crippen LogP contribution in [-0.4, -0.2) is 40.7 Å². The van der Waals surface area contributed by atoms with Gasteiger partial charge in [0, 0.05) is 19.0 Å². The third-order valence-corrected chi connectivity index (χ3v) is 3.39. The van der Waals surface area contributed by atoms with Gasteiger partial charge in [0.05, 0.1) is 5.92 Å². The monoisotopic (exact) mass is 238 g/mol. The molecule has 5 heteroatoms. The lowest BCUT2D eigenvalue weighted by atomic mass is 10.1. The van der Waals surface area contributed by atoms with Crippen LogP contribution in [0.25, 0.3) is 0 Å². The summed E-state index contributed by atoms with van der Waals surface area (Å²) in [5.74, 6) is 2.02. The maximum absolute atomic E-state index is 5.46. The molecule has 96 valence electrons. The second kappa shape index (κ2) is 5.60. The van der Waals surface area contributed by atoms with Crippen LogP contribution in [0.15, 0.2) is 4.52 Å². The minimum absolute atomic E-state index is 0.413. The Hall–Kier alpha value is -0.940. The van der Waals surface area contributed by atoms with Crippen LogP contribution in [-0.2, 0) is 6.42 Å². The molecule has 0 bridgehead atoms. The molecule has 0 aromatic carbocycles. The highest BCUT2D eigenvalue weighted by Crippen LogP contribution is 2.27. The normalized spacial score (nSPS) is 21.5. The van der Waals surface area contributed by atoms with Crippen molar-refractivity contribution in [1.82, 2.24) is 15.0 Å². The van der Waals surface area contributed by atoms with E-state index in [4.69, 9.17) is 10.3 Å². The molecule has 0 amide bonds. The lowest BCUT2D eigenvalue weighted by Crippen LogP contribution is -2.27. The number of rotatable bonds is 5. The number of likely N-dealkylation sites (tertiary alicyclic amines) is 1. The van der Waals surface area contributed by atoms with Crippen molar-refractivity contribution < 1.29 is 4.52 Å². The Balaban J connectivity index is 1.92. The largest absolute Gasteiger partial charge is 0.339 e.